The summed E-state index contributed by atoms with van der Waals surface area (Å²) in [7, 11) is 0. The molecule has 0 saturated heterocycles. The number of carbonyl (C=O) groups is 2. The second kappa shape index (κ2) is 9.35. The second-order valence-corrected chi connectivity index (χ2v) is 7.28. The number of hydrogen-bond acceptors (Lipinski definition) is 3. The fraction of sp³-hybridized carbons (Fsp3) is 0.476. The molecule has 0 aliphatic rings. The maximum Gasteiger partial charge on any atom is 0.269 e. The molecule has 0 unspecified atom stereocenters. The van der Waals surface area contributed by atoms with E-state index in [0.29, 0.717) is 24.3 Å². The Labute approximate surface area is 161 Å². The van der Waals surface area contributed by atoms with Crippen LogP contribution in [0.25, 0.3) is 0 Å². The van der Waals surface area contributed by atoms with Crippen LogP contribution in [0.15, 0.2) is 24.3 Å². The highest BCUT2D eigenvalue weighted by Gasteiger charge is 2.14. The number of rotatable bonds is 7. The quantitative estimate of drug-likeness (QED) is 0.735. The third-order valence-electron chi connectivity index (χ3n) is 4.61. The molecule has 6 heteroatoms. The number of amides is 2. The van der Waals surface area contributed by atoms with Gasteiger partial charge < -0.3 is 0 Å². The summed E-state index contributed by atoms with van der Waals surface area (Å²) in [6, 6.07) is 7.35. The molecule has 2 aromatic rings. The number of aromatic nitrogens is 2. The van der Waals surface area contributed by atoms with Crippen molar-refractivity contribution < 1.29 is 9.59 Å². The number of carbonyl (C=O) groups excluding carboxylic acids is 2. The van der Waals surface area contributed by atoms with Crippen molar-refractivity contribution in [3.8, 4) is 0 Å². The van der Waals surface area contributed by atoms with E-state index in [9.17, 15) is 9.59 Å². The smallest absolute Gasteiger partial charge is 0.269 e. The van der Waals surface area contributed by atoms with Gasteiger partial charge in [0, 0.05) is 24.2 Å². The average Bonchev–Trinajstić information content (AvgIpc) is 2.90. The Kier molecular flexibility index (Phi) is 7.16. The van der Waals surface area contributed by atoms with Crippen molar-refractivity contribution in [1.29, 1.82) is 0 Å². The molecular weight excluding hydrogens is 340 g/mol. The van der Waals surface area contributed by atoms with Crippen molar-refractivity contribution in [3.05, 3.63) is 52.3 Å². The Morgan fingerprint density at radius 1 is 1.11 bits per heavy atom. The summed E-state index contributed by atoms with van der Waals surface area (Å²) in [6.45, 7) is 11.2. The van der Waals surface area contributed by atoms with Gasteiger partial charge in [0.25, 0.3) is 5.91 Å². The van der Waals surface area contributed by atoms with Crippen LogP contribution in [0.5, 0.6) is 0 Å². The Bertz CT molecular complexity index is 791. The number of hydrogen-bond donors (Lipinski definition) is 2. The highest BCUT2D eigenvalue weighted by atomic mass is 16.2. The highest BCUT2D eigenvalue weighted by Crippen LogP contribution is 2.16. The van der Waals surface area contributed by atoms with Crippen molar-refractivity contribution >= 4 is 11.8 Å². The minimum atomic E-state index is -0.317. The number of nitrogens with zero attached hydrogens (tertiary/aromatic N) is 2. The van der Waals surface area contributed by atoms with Crippen LogP contribution in [0.3, 0.4) is 0 Å². The van der Waals surface area contributed by atoms with Gasteiger partial charge in [-0.1, -0.05) is 32.9 Å². The Hall–Kier alpha value is -2.63. The monoisotopic (exact) mass is 370 g/mol. The molecule has 0 bridgehead atoms. The van der Waals surface area contributed by atoms with Gasteiger partial charge in [-0.15, -0.1) is 0 Å². The van der Waals surface area contributed by atoms with Gasteiger partial charge in [-0.2, -0.15) is 5.10 Å². The molecule has 2 amide bonds. The van der Waals surface area contributed by atoms with E-state index in [1.165, 1.54) is 5.56 Å². The summed E-state index contributed by atoms with van der Waals surface area (Å²) >= 11 is 0. The van der Waals surface area contributed by atoms with Crippen molar-refractivity contribution in [3.63, 3.8) is 0 Å². The average molecular weight is 370 g/mol. The van der Waals surface area contributed by atoms with Crippen LogP contribution in [0.1, 0.15) is 60.1 Å². The maximum atomic E-state index is 12.1. The van der Waals surface area contributed by atoms with Gasteiger partial charge in [0.2, 0.25) is 5.91 Å². The minimum Gasteiger partial charge on any atom is -0.273 e. The van der Waals surface area contributed by atoms with Gasteiger partial charge in [0.1, 0.15) is 0 Å². The molecule has 2 rings (SSSR count). The first-order chi connectivity index (χ1) is 12.8. The van der Waals surface area contributed by atoms with Gasteiger partial charge >= 0.3 is 0 Å². The predicted octanol–water partition coefficient (Wildman–Crippen LogP) is 3.11. The molecule has 0 radical (unpaired) electrons. The van der Waals surface area contributed by atoms with Crippen LogP contribution in [-0.2, 0) is 24.2 Å². The van der Waals surface area contributed by atoms with Crippen molar-refractivity contribution in [2.45, 2.75) is 60.4 Å². The standard InChI is InChI=1S/C21H30N4O2/c1-6-17-7-9-18(10-8-17)21(27)23-22-20(26)12-11-19-15(4)24-25(16(19)5)13-14(2)3/h7-10,14H,6,11-13H2,1-5H3,(H,22,26)(H,23,27). The number of hydrazine groups is 1. The molecule has 0 saturated carbocycles. The summed E-state index contributed by atoms with van der Waals surface area (Å²) in [6.07, 6.45) is 1.82. The van der Waals surface area contributed by atoms with Gasteiger partial charge in [0.05, 0.1) is 5.69 Å². The molecule has 1 aromatic heterocycles. The van der Waals surface area contributed by atoms with Crippen LogP contribution in [0.4, 0.5) is 0 Å². The molecule has 0 spiro atoms. The molecule has 1 aromatic carbocycles. The molecule has 27 heavy (non-hydrogen) atoms. The lowest BCUT2D eigenvalue weighted by molar-refractivity contribution is -0.121. The molecule has 0 aliphatic carbocycles. The van der Waals surface area contributed by atoms with Gasteiger partial charge in [-0.3, -0.25) is 25.1 Å². The van der Waals surface area contributed by atoms with E-state index < -0.39 is 0 Å². The van der Waals surface area contributed by atoms with E-state index in [4.69, 9.17) is 0 Å². The SMILES string of the molecule is CCc1ccc(C(=O)NNC(=O)CCc2c(C)nn(CC(C)C)c2C)cc1. The van der Waals surface area contributed by atoms with Crippen LogP contribution >= 0.6 is 0 Å². The van der Waals surface area contributed by atoms with E-state index >= 15 is 0 Å². The second-order valence-electron chi connectivity index (χ2n) is 7.28. The van der Waals surface area contributed by atoms with Crippen molar-refractivity contribution in [2.75, 3.05) is 0 Å². The summed E-state index contributed by atoms with van der Waals surface area (Å²) in [5, 5.41) is 4.57. The largest absolute Gasteiger partial charge is 0.273 e. The molecule has 6 nitrogen and oxygen atoms in total. The van der Waals surface area contributed by atoms with Crippen LogP contribution < -0.4 is 10.9 Å². The summed E-state index contributed by atoms with van der Waals surface area (Å²) in [5.74, 6) is -0.0205. The van der Waals surface area contributed by atoms with Crippen molar-refractivity contribution in [1.82, 2.24) is 20.6 Å². The van der Waals surface area contributed by atoms with Gasteiger partial charge in [-0.05, 0) is 55.9 Å². The lowest BCUT2D eigenvalue weighted by atomic mass is 10.1. The van der Waals surface area contributed by atoms with E-state index in [0.717, 1.165) is 29.9 Å². The van der Waals surface area contributed by atoms with Gasteiger partial charge in [-0.25, -0.2) is 0 Å². The molecule has 0 fully saturated rings. The molecule has 0 atom stereocenters. The molecule has 1 heterocycles. The number of nitrogens with one attached hydrogen (secondary N) is 2. The normalized spacial score (nSPS) is 10.9. The van der Waals surface area contributed by atoms with Crippen LogP contribution in [-0.4, -0.2) is 21.6 Å². The van der Waals surface area contributed by atoms with Crippen LogP contribution in [0.2, 0.25) is 0 Å². The zero-order chi connectivity index (χ0) is 20.0. The first-order valence-corrected chi connectivity index (χ1v) is 9.52. The Morgan fingerprint density at radius 3 is 2.37 bits per heavy atom. The van der Waals surface area contributed by atoms with E-state index in [1.807, 2.05) is 30.7 Å². The van der Waals surface area contributed by atoms with E-state index in [2.05, 4.69) is 36.7 Å². The van der Waals surface area contributed by atoms with E-state index in [-0.39, 0.29) is 11.8 Å². The summed E-state index contributed by atoms with van der Waals surface area (Å²) < 4.78 is 2.01. The maximum absolute atomic E-state index is 12.1. The fourth-order valence-electron chi connectivity index (χ4n) is 3.01. The lowest BCUT2D eigenvalue weighted by Gasteiger charge is -2.09. The van der Waals surface area contributed by atoms with Gasteiger partial charge in [0.15, 0.2) is 0 Å². The van der Waals surface area contributed by atoms with Crippen molar-refractivity contribution in [2.24, 2.45) is 5.92 Å². The third-order valence-corrected chi connectivity index (χ3v) is 4.61. The molecule has 2 N–H and O–H groups in total. The minimum absolute atomic E-state index is 0.219. The summed E-state index contributed by atoms with van der Waals surface area (Å²) in [4.78, 5) is 24.2. The highest BCUT2D eigenvalue weighted by molar-refractivity contribution is 5.95. The lowest BCUT2D eigenvalue weighted by Crippen LogP contribution is -2.41. The Morgan fingerprint density at radius 2 is 1.78 bits per heavy atom. The number of aryl methyl sites for hydroxylation is 2. The van der Waals surface area contributed by atoms with Crippen LogP contribution in [0, 0.1) is 19.8 Å². The fourth-order valence-corrected chi connectivity index (χ4v) is 3.01. The topological polar surface area (TPSA) is 76.0 Å². The Balaban J connectivity index is 1.85. The molecule has 146 valence electrons. The molecule has 0 aliphatic heterocycles. The zero-order valence-corrected chi connectivity index (χ0v) is 16.9. The van der Waals surface area contributed by atoms with E-state index in [1.54, 1.807) is 12.1 Å². The summed E-state index contributed by atoms with van der Waals surface area (Å²) in [5.41, 5.74) is 9.82. The molecular formula is C21H30N4O2. The number of benzene rings is 1. The zero-order valence-electron chi connectivity index (χ0n) is 16.9. The first-order valence-electron chi connectivity index (χ1n) is 9.52. The predicted molar refractivity (Wildman–Crippen MR) is 106 cm³/mol. The third kappa shape index (κ3) is 5.67. The first kappa shape index (κ1) is 20.7.